The van der Waals surface area contributed by atoms with Gasteiger partial charge in [-0.25, -0.2) is 0 Å². The highest BCUT2D eigenvalue weighted by Crippen LogP contribution is 2.15. The van der Waals surface area contributed by atoms with Crippen molar-refractivity contribution in [2.75, 3.05) is 37.6 Å². The normalized spacial score (nSPS) is 14.7. The number of hydrogen-bond donors (Lipinski definition) is 2. The fourth-order valence-corrected chi connectivity index (χ4v) is 3.44. The lowest BCUT2D eigenvalue weighted by Gasteiger charge is -2.36. The van der Waals surface area contributed by atoms with E-state index in [9.17, 15) is 14.4 Å². The minimum Gasteiger partial charge on any atom is -0.368 e. The van der Waals surface area contributed by atoms with Crippen LogP contribution in [0.15, 0.2) is 60.7 Å². The number of benzene rings is 2. The van der Waals surface area contributed by atoms with E-state index < -0.39 is 0 Å². The highest BCUT2D eigenvalue weighted by atomic mass is 16.2. The van der Waals surface area contributed by atoms with Gasteiger partial charge in [-0.05, 0) is 31.2 Å². The van der Waals surface area contributed by atoms with Gasteiger partial charge in [0.2, 0.25) is 11.8 Å². The predicted octanol–water partition coefficient (Wildman–Crippen LogP) is 1.66. The lowest BCUT2D eigenvalue weighted by molar-refractivity contribution is -0.133. The molecule has 0 radical (unpaired) electrons. The maximum atomic E-state index is 12.4. The third-order valence-electron chi connectivity index (χ3n) is 5.10. The van der Waals surface area contributed by atoms with Crippen LogP contribution in [0.3, 0.4) is 0 Å². The van der Waals surface area contributed by atoms with Crippen molar-refractivity contribution in [3.63, 3.8) is 0 Å². The van der Waals surface area contributed by atoms with Crippen LogP contribution in [0.25, 0.3) is 0 Å². The van der Waals surface area contributed by atoms with Gasteiger partial charge in [-0.2, -0.15) is 0 Å². The molecule has 1 fully saturated rings. The zero-order valence-corrected chi connectivity index (χ0v) is 17.2. The quantitative estimate of drug-likeness (QED) is 0.730. The molecule has 3 amide bonds. The lowest BCUT2D eigenvalue weighted by atomic mass is 10.1. The van der Waals surface area contributed by atoms with Gasteiger partial charge in [0, 0.05) is 49.9 Å². The standard InChI is InChI=1S/C23H28N4O3/c1-18(25-23(30)19-8-4-2-5-9-19)16-21(28)24-17-22(29)27-14-12-26(13-15-27)20-10-6-3-7-11-20/h2-11,18H,12-17H2,1H3,(H,24,28)(H,25,30). The average Bonchev–Trinajstić information content (AvgIpc) is 2.78. The summed E-state index contributed by atoms with van der Waals surface area (Å²) >= 11 is 0. The molecule has 1 aliphatic rings. The number of para-hydroxylation sites is 1. The first-order valence-corrected chi connectivity index (χ1v) is 10.2. The number of carbonyl (C=O) groups is 3. The molecular formula is C23H28N4O3. The van der Waals surface area contributed by atoms with Gasteiger partial charge < -0.3 is 20.4 Å². The molecule has 30 heavy (non-hydrogen) atoms. The molecule has 2 aromatic carbocycles. The average molecular weight is 409 g/mol. The van der Waals surface area contributed by atoms with Crippen LogP contribution in [0.2, 0.25) is 0 Å². The van der Waals surface area contributed by atoms with E-state index in [1.807, 2.05) is 24.3 Å². The highest BCUT2D eigenvalue weighted by molar-refractivity contribution is 5.94. The molecule has 3 rings (SSSR count). The number of nitrogens with zero attached hydrogens (tertiary/aromatic N) is 2. The van der Waals surface area contributed by atoms with Crippen LogP contribution < -0.4 is 15.5 Å². The van der Waals surface area contributed by atoms with Crippen molar-refractivity contribution in [2.24, 2.45) is 0 Å². The van der Waals surface area contributed by atoms with Crippen molar-refractivity contribution in [1.82, 2.24) is 15.5 Å². The van der Waals surface area contributed by atoms with Crippen LogP contribution >= 0.6 is 0 Å². The van der Waals surface area contributed by atoms with E-state index in [0.717, 1.165) is 18.8 Å². The number of nitrogens with one attached hydrogen (secondary N) is 2. The van der Waals surface area contributed by atoms with Gasteiger partial charge in [0.05, 0.1) is 6.54 Å². The molecule has 2 N–H and O–H groups in total. The maximum Gasteiger partial charge on any atom is 0.251 e. The number of carbonyl (C=O) groups excluding carboxylic acids is 3. The lowest BCUT2D eigenvalue weighted by Crippen LogP contribution is -2.51. The van der Waals surface area contributed by atoms with Gasteiger partial charge in [0.1, 0.15) is 0 Å². The van der Waals surface area contributed by atoms with E-state index in [1.54, 1.807) is 36.1 Å². The first kappa shape index (κ1) is 21.4. The van der Waals surface area contributed by atoms with Crippen molar-refractivity contribution >= 4 is 23.4 Å². The molecule has 0 bridgehead atoms. The molecule has 0 aliphatic carbocycles. The summed E-state index contributed by atoms with van der Waals surface area (Å²) < 4.78 is 0. The van der Waals surface area contributed by atoms with E-state index in [1.165, 1.54) is 0 Å². The fraction of sp³-hybridized carbons (Fsp3) is 0.348. The highest BCUT2D eigenvalue weighted by Gasteiger charge is 2.22. The molecular weight excluding hydrogens is 380 g/mol. The molecule has 7 nitrogen and oxygen atoms in total. The number of piperazine rings is 1. The van der Waals surface area contributed by atoms with Crippen LogP contribution in [0.1, 0.15) is 23.7 Å². The summed E-state index contributed by atoms with van der Waals surface area (Å²) in [4.78, 5) is 40.7. The summed E-state index contributed by atoms with van der Waals surface area (Å²) in [5.74, 6) is -0.563. The summed E-state index contributed by atoms with van der Waals surface area (Å²) in [6.45, 7) is 4.55. The van der Waals surface area contributed by atoms with E-state index in [-0.39, 0.29) is 36.7 Å². The second kappa shape index (κ2) is 10.4. The Morgan fingerprint density at radius 2 is 1.50 bits per heavy atom. The summed E-state index contributed by atoms with van der Waals surface area (Å²) in [5.41, 5.74) is 1.71. The molecule has 1 unspecified atom stereocenters. The summed E-state index contributed by atoms with van der Waals surface area (Å²) in [7, 11) is 0. The Hall–Kier alpha value is -3.35. The Morgan fingerprint density at radius 1 is 0.900 bits per heavy atom. The molecule has 1 aliphatic heterocycles. The summed E-state index contributed by atoms with van der Waals surface area (Å²) in [6, 6.07) is 18.7. The van der Waals surface area contributed by atoms with Crippen LogP contribution in [0, 0.1) is 0 Å². The van der Waals surface area contributed by atoms with Gasteiger partial charge in [-0.1, -0.05) is 36.4 Å². The maximum absolute atomic E-state index is 12.4. The third-order valence-corrected chi connectivity index (χ3v) is 5.10. The van der Waals surface area contributed by atoms with Crippen LogP contribution in [0.4, 0.5) is 5.69 Å². The molecule has 1 atom stereocenters. The molecule has 1 saturated heterocycles. The van der Waals surface area contributed by atoms with E-state index in [4.69, 9.17) is 0 Å². The van der Waals surface area contributed by atoms with Gasteiger partial charge in [-0.15, -0.1) is 0 Å². The summed E-state index contributed by atoms with van der Waals surface area (Å²) in [5, 5.41) is 5.47. The Kier molecular flexibility index (Phi) is 7.43. The Labute approximate surface area is 177 Å². The third kappa shape index (κ3) is 6.07. The number of rotatable bonds is 7. The number of hydrogen-bond acceptors (Lipinski definition) is 4. The van der Waals surface area contributed by atoms with Gasteiger partial charge in [0.25, 0.3) is 5.91 Å². The van der Waals surface area contributed by atoms with Crippen molar-refractivity contribution in [1.29, 1.82) is 0 Å². The minimum atomic E-state index is -0.331. The van der Waals surface area contributed by atoms with Crippen molar-refractivity contribution in [3.05, 3.63) is 66.2 Å². The van der Waals surface area contributed by atoms with Crippen LogP contribution in [-0.4, -0.2) is 61.4 Å². The first-order chi connectivity index (χ1) is 14.5. The SMILES string of the molecule is CC(CC(=O)NCC(=O)N1CCN(c2ccccc2)CC1)NC(=O)c1ccccc1. The Morgan fingerprint density at radius 3 is 2.13 bits per heavy atom. The van der Waals surface area contributed by atoms with Crippen molar-refractivity contribution in [3.8, 4) is 0 Å². The van der Waals surface area contributed by atoms with Gasteiger partial charge in [-0.3, -0.25) is 14.4 Å². The first-order valence-electron chi connectivity index (χ1n) is 10.2. The Bertz CT molecular complexity index is 849. The number of anilines is 1. The number of amides is 3. The Balaban J connectivity index is 1.36. The zero-order chi connectivity index (χ0) is 21.3. The largest absolute Gasteiger partial charge is 0.368 e. The van der Waals surface area contributed by atoms with Gasteiger partial charge >= 0.3 is 0 Å². The van der Waals surface area contributed by atoms with Crippen molar-refractivity contribution in [2.45, 2.75) is 19.4 Å². The van der Waals surface area contributed by atoms with Crippen LogP contribution in [0.5, 0.6) is 0 Å². The van der Waals surface area contributed by atoms with E-state index >= 15 is 0 Å². The molecule has 0 aromatic heterocycles. The monoisotopic (exact) mass is 408 g/mol. The van der Waals surface area contributed by atoms with Crippen molar-refractivity contribution < 1.29 is 14.4 Å². The second-order valence-corrected chi connectivity index (χ2v) is 7.42. The predicted molar refractivity (Wildman–Crippen MR) is 116 cm³/mol. The second-order valence-electron chi connectivity index (χ2n) is 7.42. The molecule has 7 heteroatoms. The molecule has 1 heterocycles. The van der Waals surface area contributed by atoms with Gasteiger partial charge in [0.15, 0.2) is 0 Å². The topological polar surface area (TPSA) is 81.8 Å². The smallest absolute Gasteiger partial charge is 0.251 e. The summed E-state index contributed by atoms with van der Waals surface area (Å²) in [6.07, 6.45) is 0.119. The molecule has 158 valence electrons. The van der Waals surface area contributed by atoms with Crippen LogP contribution in [-0.2, 0) is 9.59 Å². The minimum absolute atomic E-state index is 0.0243. The molecule has 0 spiro atoms. The fourth-order valence-electron chi connectivity index (χ4n) is 3.44. The van der Waals surface area contributed by atoms with E-state index in [2.05, 4.69) is 27.7 Å². The molecule has 0 saturated carbocycles. The molecule has 2 aromatic rings. The van der Waals surface area contributed by atoms with E-state index in [0.29, 0.717) is 18.7 Å². The zero-order valence-electron chi connectivity index (χ0n) is 17.2.